The van der Waals surface area contributed by atoms with E-state index in [0.717, 1.165) is 6.42 Å². The molecule has 1 aromatic carbocycles. The number of benzene rings is 1. The van der Waals surface area contributed by atoms with Crippen molar-refractivity contribution in [3.8, 4) is 0 Å². The van der Waals surface area contributed by atoms with Crippen molar-refractivity contribution in [2.75, 3.05) is 11.9 Å². The largest absolute Gasteiger partial charge is 0.416 e. The Labute approximate surface area is 118 Å². The summed E-state index contributed by atoms with van der Waals surface area (Å²) in [5.41, 5.74) is -2.59. The maximum Gasteiger partial charge on any atom is 0.416 e. The average Bonchev–Trinajstić information content (AvgIpc) is 2.35. The van der Waals surface area contributed by atoms with Crippen LogP contribution in [0.2, 0.25) is 0 Å². The molecule has 0 bridgehead atoms. The zero-order valence-electron chi connectivity index (χ0n) is 10.9. The van der Waals surface area contributed by atoms with E-state index in [9.17, 15) is 27.5 Å². The lowest BCUT2D eigenvalue weighted by molar-refractivity contribution is -0.137. The average molecular weight is 306 g/mol. The Kier molecular flexibility index (Phi) is 4.08. The van der Waals surface area contributed by atoms with Gasteiger partial charge in [-0.15, -0.1) is 0 Å². The lowest BCUT2D eigenvalue weighted by Crippen LogP contribution is -2.48. The monoisotopic (exact) mass is 306 g/mol. The number of urea groups is 1. The number of alkyl halides is 3. The fourth-order valence-electron chi connectivity index (χ4n) is 1.97. The predicted molar refractivity (Wildman–Crippen MR) is 67.2 cm³/mol. The van der Waals surface area contributed by atoms with Gasteiger partial charge in [0.15, 0.2) is 0 Å². The highest BCUT2D eigenvalue weighted by Gasteiger charge is 2.34. The molecular weight excluding hydrogens is 292 g/mol. The van der Waals surface area contributed by atoms with Crippen molar-refractivity contribution in [2.24, 2.45) is 0 Å². The van der Waals surface area contributed by atoms with Crippen LogP contribution in [0.4, 0.5) is 28.0 Å². The molecule has 1 aliphatic rings. The molecule has 1 aliphatic carbocycles. The van der Waals surface area contributed by atoms with Crippen LogP contribution in [0.1, 0.15) is 24.8 Å². The smallest absolute Gasteiger partial charge is 0.388 e. The Morgan fingerprint density at radius 1 is 1.33 bits per heavy atom. The van der Waals surface area contributed by atoms with Gasteiger partial charge in [-0.1, -0.05) is 0 Å². The Bertz CT molecular complexity index is 541. The summed E-state index contributed by atoms with van der Waals surface area (Å²) in [6, 6.07) is 0.883. The molecule has 8 heteroatoms. The van der Waals surface area contributed by atoms with E-state index in [1.807, 2.05) is 5.32 Å². The van der Waals surface area contributed by atoms with Crippen LogP contribution in [0.5, 0.6) is 0 Å². The van der Waals surface area contributed by atoms with Gasteiger partial charge in [-0.25, -0.2) is 9.18 Å². The molecule has 0 spiro atoms. The molecule has 0 atom stereocenters. The third-order valence-electron chi connectivity index (χ3n) is 3.40. The highest BCUT2D eigenvalue weighted by Crippen LogP contribution is 2.32. The third kappa shape index (κ3) is 3.84. The zero-order valence-corrected chi connectivity index (χ0v) is 10.9. The number of hydrogen-bond acceptors (Lipinski definition) is 2. The van der Waals surface area contributed by atoms with E-state index >= 15 is 0 Å². The van der Waals surface area contributed by atoms with E-state index in [2.05, 4.69) is 5.32 Å². The van der Waals surface area contributed by atoms with E-state index < -0.39 is 34.9 Å². The first-order chi connectivity index (χ1) is 9.70. The van der Waals surface area contributed by atoms with E-state index in [0.29, 0.717) is 31.0 Å². The second kappa shape index (κ2) is 5.51. The van der Waals surface area contributed by atoms with E-state index in [4.69, 9.17) is 0 Å². The molecule has 1 saturated carbocycles. The molecule has 2 amide bonds. The summed E-state index contributed by atoms with van der Waals surface area (Å²) in [6.45, 7) is -0.0284. The molecule has 1 fully saturated rings. The molecule has 0 aliphatic heterocycles. The molecular formula is C13H14F4N2O2. The quantitative estimate of drug-likeness (QED) is 0.752. The van der Waals surface area contributed by atoms with Gasteiger partial charge in [0, 0.05) is 6.54 Å². The summed E-state index contributed by atoms with van der Waals surface area (Å²) in [6.07, 6.45) is -2.68. The van der Waals surface area contributed by atoms with Crippen molar-refractivity contribution < 1.29 is 27.5 Å². The first-order valence-corrected chi connectivity index (χ1v) is 6.34. The highest BCUT2D eigenvalue weighted by molar-refractivity contribution is 5.89. The zero-order chi connectivity index (χ0) is 15.7. The molecule has 2 rings (SSSR count). The van der Waals surface area contributed by atoms with Gasteiger partial charge in [-0.3, -0.25) is 0 Å². The third-order valence-corrected chi connectivity index (χ3v) is 3.40. The van der Waals surface area contributed by atoms with Crippen LogP contribution < -0.4 is 10.6 Å². The van der Waals surface area contributed by atoms with E-state index in [1.54, 1.807) is 0 Å². The SMILES string of the molecule is O=C(NCC1(O)CCC1)Nc1cc(C(F)(F)F)ccc1F. The second-order valence-corrected chi connectivity index (χ2v) is 5.08. The van der Waals surface area contributed by atoms with Gasteiger partial charge in [-0.2, -0.15) is 13.2 Å². The number of amides is 2. The van der Waals surface area contributed by atoms with Crippen molar-refractivity contribution in [3.05, 3.63) is 29.6 Å². The summed E-state index contributed by atoms with van der Waals surface area (Å²) in [7, 11) is 0. The Morgan fingerprint density at radius 3 is 2.52 bits per heavy atom. The minimum absolute atomic E-state index is 0.0284. The van der Waals surface area contributed by atoms with Crippen LogP contribution in [0, 0.1) is 5.82 Å². The summed E-state index contributed by atoms with van der Waals surface area (Å²) in [5.74, 6) is -0.972. The number of aliphatic hydroxyl groups is 1. The molecule has 0 saturated heterocycles. The highest BCUT2D eigenvalue weighted by atomic mass is 19.4. The van der Waals surface area contributed by atoms with Crippen LogP contribution in [0.15, 0.2) is 18.2 Å². The van der Waals surface area contributed by atoms with E-state index in [-0.39, 0.29) is 6.54 Å². The van der Waals surface area contributed by atoms with Crippen molar-refractivity contribution in [3.63, 3.8) is 0 Å². The summed E-state index contributed by atoms with van der Waals surface area (Å²) >= 11 is 0. The molecule has 3 N–H and O–H groups in total. The van der Waals surface area contributed by atoms with Gasteiger partial charge >= 0.3 is 12.2 Å². The second-order valence-electron chi connectivity index (χ2n) is 5.08. The fraction of sp³-hybridized carbons (Fsp3) is 0.462. The van der Waals surface area contributed by atoms with Crippen molar-refractivity contribution in [2.45, 2.75) is 31.0 Å². The standard InChI is InChI=1S/C13H14F4N2O2/c14-9-3-2-8(13(15,16)17)6-10(9)19-11(20)18-7-12(21)4-1-5-12/h2-3,6,21H,1,4-5,7H2,(H2,18,19,20). The van der Waals surface area contributed by atoms with E-state index in [1.165, 1.54) is 0 Å². The number of anilines is 1. The van der Waals surface area contributed by atoms with Gasteiger partial charge in [0.25, 0.3) is 0 Å². The van der Waals surface area contributed by atoms with Gasteiger partial charge in [-0.05, 0) is 37.5 Å². The van der Waals surface area contributed by atoms with Crippen molar-refractivity contribution >= 4 is 11.7 Å². The molecule has 21 heavy (non-hydrogen) atoms. The first kappa shape index (κ1) is 15.6. The maximum absolute atomic E-state index is 13.4. The van der Waals surface area contributed by atoms with Crippen LogP contribution >= 0.6 is 0 Å². The van der Waals surface area contributed by atoms with Gasteiger partial charge < -0.3 is 15.7 Å². The fourth-order valence-corrected chi connectivity index (χ4v) is 1.97. The minimum Gasteiger partial charge on any atom is -0.388 e. The van der Waals surface area contributed by atoms with Crippen molar-refractivity contribution in [1.29, 1.82) is 0 Å². The Hall–Kier alpha value is -1.83. The van der Waals surface area contributed by atoms with Crippen LogP contribution in [0.3, 0.4) is 0 Å². The first-order valence-electron chi connectivity index (χ1n) is 6.34. The number of hydrogen-bond donors (Lipinski definition) is 3. The number of rotatable bonds is 3. The summed E-state index contributed by atoms with van der Waals surface area (Å²) in [5, 5.41) is 14.1. The number of carbonyl (C=O) groups excluding carboxylic acids is 1. The number of carbonyl (C=O) groups is 1. The molecule has 0 unspecified atom stereocenters. The molecule has 4 nitrogen and oxygen atoms in total. The maximum atomic E-state index is 13.4. The Morgan fingerprint density at radius 2 is 2.00 bits per heavy atom. The normalized spacial score (nSPS) is 17.0. The number of nitrogens with one attached hydrogen (secondary N) is 2. The molecule has 0 radical (unpaired) electrons. The summed E-state index contributed by atoms with van der Waals surface area (Å²) in [4.78, 5) is 11.5. The lowest BCUT2D eigenvalue weighted by Gasteiger charge is -2.36. The minimum atomic E-state index is -4.62. The van der Waals surface area contributed by atoms with Gasteiger partial charge in [0.05, 0.1) is 16.9 Å². The molecule has 1 aromatic rings. The van der Waals surface area contributed by atoms with Crippen molar-refractivity contribution in [1.82, 2.24) is 5.32 Å². The van der Waals surface area contributed by atoms with Crippen LogP contribution in [-0.2, 0) is 6.18 Å². The van der Waals surface area contributed by atoms with Crippen LogP contribution in [-0.4, -0.2) is 23.3 Å². The topological polar surface area (TPSA) is 61.4 Å². The number of halogens is 4. The van der Waals surface area contributed by atoms with Crippen LogP contribution in [0.25, 0.3) is 0 Å². The van der Waals surface area contributed by atoms with Gasteiger partial charge in [0.2, 0.25) is 0 Å². The van der Waals surface area contributed by atoms with Gasteiger partial charge in [0.1, 0.15) is 5.82 Å². The molecule has 0 aromatic heterocycles. The molecule has 0 heterocycles. The molecule has 116 valence electrons. The lowest BCUT2D eigenvalue weighted by atomic mass is 9.80. The summed E-state index contributed by atoms with van der Waals surface area (Å²) < 4.78 is 50.9. The Balaban J connectivity index is 1.99. The predicted octanol–water partition coefficient (Wildman–Crippen LogP) is 2.88.